The fraction of sp³-hybridized carbons (Fsp3) is 0.632. The van der Waals surface area contributed by atoms with Crippen molar-refractivity contribution in [3.8, 4) is 0 Å². The molecule has 2 N–H and O–H groups in total. The molecule has 23 heavy (non-hydrogen) atoms. The molecule has 1 saturated heterocycles. The lowest BCUT2D eigenvalue weighted by Gasteiger charge is -2.11. The summed E-state index contributed by atoms with van der Waals surface area (Å²) < 4.78 is 0. The molecule has 0 spiro atoms. The predicted molar refractivity (Wildman–Crippen MR) is 98.8 cm³/mol. The Morgan fingerprint density at radius 2 is 2.13 bits per heavy atom. The lowest BCUT2D eigenvalue weighted by molar-refractivity contribution is -0.116. The monoisotopic (exact) mass is 332 g/mol. The van der Waals surface area contributed by atoms with Crippen molar-refractivity contribution in [2.45, 2.75) is 55.9 Å². The number of nitrogens with one attached hydrogen (secondary N) is 2. The summed E-state index contributed by atoms with van der Waals surface area (Å²) in [6.07, 6.45) is 8.37. The quantitative estimate of drug-likeness (QED) is 0.786. The van der Waals surface area contributed by atoms with Gasteiger partial charge >= 0.3 is 0 Å². The van der Waals surface area contributed by atoms with E-state index in [0.29, 0.717) is 12.3 Å². The highest BCUT2D eigenvalue weighted by Gasteiger charge is 2.16. The highest BCUT2D eigenvalue weighted by Crippen LogP contribution is 2.31. The van der Waals surface area contributed by atoms with Crippen LogP contribution in [0.5, 0.6) is 0 Å². The first kappa shape index (κ1) is 16.8. The minimum atomic E-state index is 0.150. The summed E-state index contributed by atoms with van der Waals surface area (Å²) in [5.74, 6) is 1.88. The molecule has 2 aliphatic rings. The largest absolute Gasteiger partial charge is 0.326 e. The zero-order valence-corrected chi connectivity index (χ0v) is 14.7. The van der Waals surface area contributed by atoms with Crippen molar-refractivity contribution < 1.29 is 4.79 Å². The van der Waals surface area contributed by atoms with Gasteiger partial charge < -0.3 is 10.6 Å². The van der Waals surface area contributed by atoms with E-state index in [9.17, 15) is 4.79 Å². The van der Waals surface area contributed by atoms with Crippen molar-refractivity contribution in [3.05, 3.63) is 29.8 Å². The fourth-order valence-electron chi connectivity index (χ4n) is 3.53. The van der Waals surface area contributed by atoms with Crippen LogP contribution in [0.3, 0.4) is 0 Å². The molecule has 1 saturated carbocycles. The van der Waals surface area contributed by atoms with E-state index in [0.717, 1.165) is 36.2 Å². The Hall–Kier alpha value is -1.00. The maximum atomic E-state index is 12.1. The van der Waals surface area contributed by atoms with Crippen molar-refractivity contribution in [1.29, 1.82) is 0 Å². The first-order chi connectivity index (χ1) is 11.3. The second-order valence-electron chi connectivity index (χ2n) is 6.86. The van der Waals surface area contributed by atoms with E-state index < -0.39 is 0 Å². The Labute approximate surface area is 144 Å². The standard InChI is InChI=1S/C19H28N2OS/c22-19(9-8-15-10-11-20-13-15)21-17-5-3-4-16(12-17)14-23-18-6-1-2-7-18/h3-5,12,15,18,20H,1-2,6-11,13-14H2,(H,21,22). The number of benzene rings is 1. The SMILES string of the molecule is O=C(CCC1CCNC1)Nc1cccc(CSC2CCCC2)c1. The molecule has 3 rings (SSSR count). The van der Waals surface area contributed by atoms with E-state index in [4.69, 9.17) is 0 Å². The van der Waals surface area contributed by atoms with Gasteiger partial charge in [-0.15, -0.1) is 0 Å². The molecule has 0 radical (unpaired) electrons. The second kappa shape index (κ2) is 8.74. The molecule has 4 heteroatoms. The topological polar surface area (TPSA) is 41.1 Å². The summed E-state index contributed by atoms with van der Waals surface area (Å²) in [4.78, 5) is 12.1. The van der Waals surface area contributed by atoms with Crippen molar-refractivity contribution in [2.24, 2.45) is 5.92 Å². The molecule has 1 aliphatic carbocycles. The Morgan fingerprint density at radius 3 is 2.91 bits per heavy atom. The van der Waals surface area contributed by atoms with Crippen LogP contribution in [0.2, 0.25) is 0 Å². The van der Waals surface area contributed by atoms with E-state index in [1.807, 2.05) is 6.07 Å². The van der Waals surface area contributed by atoms with Gasteiger partial charge in [-0.2, -0.15) is 11.8 Å². The van der Waals surface area contributed by atoms with Crippen LogP contribution in [-0.4, -0.2) is 24.2 Å². The Balaban J connectivity index is 1.43. The van der Waals surface area contributed by atoms with Crippen molar-refractivity contribution in [2.75, 3.05) is 18.4 Å². The molecule has 1 aromatic rings. The van der Waals surface area contributed by atoms with E-state index in [1.165, 1.54) is 37.7 Å². The van der Waals surface area contributed by atoms with Crippen molar-refractivity contribution in [1.82, 2.24) is 5.32 Å². The molecule has 0 aromatic heterocycles. The third kappa shape index (κ3) is 5.54. The molecule has 1 atom stereocenters. The number of thioether (sulfide) groups is 1. The van der Waals surface area contributed by atoms with Crippen molar-refractivity contribution >= 4 is 23.4 Å². The smallest absolute Gasteiger partial charge is 0.224 e. The molecule has 126 valence electrons. The molecule has 1 unspecified atom stereocenters. The van der Waals surface area contributed by atoms with E-state index in [2.05, 4.69) is 40.6 Å². The van der Waals surface area contributed by atoms with Crippen LogP contribution in [0.4, 0.5) is 5.69 Å². The van der Waals surface area contributed by atoms with Gasteiger partial charge in [-0.05, 0) is 62.4 Å². The van der Waals surface area contributed by atoms with Gasteiger partial charge in [0.1, 0.15) is 0 Å². The molecule has 1 aromatic carbocycles. The molecule has 1 amide bonds. The number of anilines is 1. The molecule has 1 aliphatic heterocycles. The molecular weight excluding hydrogens is 304 g/mol. The normalized spacial score (nSPS) is 21.7. The van der Waals surface area contributed by atoms with Crippen LogP contribution in [0.15, 0.2) is 24.3 Å². The summed E-state index contributed by atoms with van der Waals surface area (Å²) in [5.41, 5.74) is 2.27. The van der Waals surface area contributed by atoms with Gasteiger partial charge in [-0.25, -0.2) is 0 Å². The van der Waals surface area contributed by atoms with Gasteiger partial charge in [-0.1, -0.05) is 25.0 Å². The Kier molecular flexibility index (Phi) is 6.40. The Morgan fingerprint density at radius 1 is 1.26 bits per heavy atom. The highest BCUT2D eigenvalue weighted by atomic mass is 32.2. The van der Waals surface area contributed by atoms with E-state index in [-0.39, 0.29) is 5.91 Å². The molecule has 1 heterocycles. The number of hydrogen-bond donors (Lipinski definition) is 2. The summed E-state index contributed by atoms with van der Waals surface area (Å²) in [6.45, 7) is 2.17. The van der Waals surface area contributed by atoms with Gasteiger partial charge in [-0.3, -0.25) is 4.79 Å². The number of rotatable bonds is 7. The van der Waals surface area contributed by atoms with Crippen molar-refractivity contribution in [3.63, 3.8) is 0 Å². The van der Waals surface area contributed by atoms with Crippen LogP contribution in [-0.2, 0) is 10.5 Å². The second-order valence-corrected chi connectivity index (χ2v) is 8.15. The van der Waals surface area contributed by atoms with Crippen LogP contribution < -0.4 is 10.6 Å². The predicted octanol–water partition coefficient (Wildman–Crippen LogP) is 4.19. The lowest BCUT2D eigenvalue weighted by atomic mass is 10.0. The van der Waals surface area contributed by atoms with Crippen LogP contribution in [0.1, 0.15) is 50.5 Å². The summed E-state index contributed by atoms with van der Waals surface area (Å²) in [6, 6.07) is 8.36. The average molecular weight is 333 g/mol. The third-order valence-electron chi connectivity index (χ3n) is 4.94. The van der Waals surface area contributed by atoms with Gasteiger partial charge in [0.05, 0.1) is 0 Å². The zero-order chi connectivity index (χ0) is 15.9. The van der Waals surface area contributed by atoms with Gasteiger partial charge in [0.15, 0.2) is 0 Å². The van der Waals surface area contributed by atoms with Gasteiger partial charge in [0.25, 0.3) is 0 Å². The lowest BCUT2D eigenvalue weighted by Crippen LogP contribution is -2.15. The summed E-state index contributed by atoms with van der Waals surface area (Å²) >= 11 is 2.07. The van der Waals surface area contributed by atoms with Gasteiger partial charge in [0.2, 0.25) is 5.91 Å². The Bertz CT molecular complexity index is 508. The maximum absolute atomic E-state index is 12.1. The number of carbonyl (C=O) groups is 1. The highest BCUT2D eigenvalue weighted by molar-refractivity contribution is 7.99. The number of amides is 1. The van der Waals surface area contributed by atoms with E-state index in [1.54, 1.807) is 0 Å². The third-order valence-corrected chi connectivity index (χ3v) is 6.38. The zero-order valence-electron chi connectivity index (χ0n) is 13.9. The molecule has 0 bridgehead atoms. The minimum absolute atomic E-state index is 0.150. The van der Waals surface area contributed by atoms with Crippen LogP contribution >= 0.6 is 11.8 Å². The fourth-order valence-corrected chi connectivity index (χ4v) is 4.80. The van der Waals surface area contributed by atoms with Crippen LogP contribution in [0, 0.1) is 5.92 Å². The molecular formula is C19H28N2OS. The molecule has 2 fully saturated rings. The number of carbonyl (C=O) groups excluding carboxylic acids is 1. The molecule has 3 nitrogen and oxygen atoms in total. The average Bonchev–Trinajstić information content (AvgIpc) is 3.25. The first-order valence-electron chi connectivity index (χ1n) is 9.01. The van der Waals surface area contributed by atoms with E-state index >= 15 is 0 Å². The van der Waals surface area contributed by atoms with Gasteiger partial charge in [0, 0.05) is 23.1 Å². The summed E-state index contributed by atoms with van der Waals surface area (Å²) in [5, 5.41) is 7.26. The summed E-state index contributed by atoms with van der Waals surface area (Å²) in [7, 11) is 0. The van der Waals surface area contributed by atoms with Crippen LogP contribution in [0.25, 0.3) is 0 Å². The first-order valence-corrected chi connectivity index (χ1v) is 10.1. The maximum Gasteiger partial charge on any atom is 0.224 e. The number of hydrogen-bond acceptors (Lipinski definition) is 3. The minimum Gasteiger partial charge on any atom is -0.326 e.